The van der Waals surface area contributed by atoms with Gasteiger partial charge in [0.2, 0.25) is 5.91 Å². The minimum absolute atomic E-state index is 0.125. The first-order valence-corrected chi connectivity index (χ1v) is 10.8. The molecule has 2 saturated heterocycles. The lowest BCUT2D eigenvalue weighted by Gasteiger charge is -2.18. The second kappa shape index (κ2) is 8.80. The number of benzene rings is 1. The van der Waals surface area contributed by atoms with Gasteiger partial charge in [-0.15, -0.1) is 11.8 Å². The van der Waals surface area contributed by atoms with Gasteiger partial charge in [-0.25, -0.2) is 0 Å². The largest absolute Gasteiger partial charge is 0.381 e. The van der Waals surface area contributed by atoms with E-state index < -0.39 is 6.04 Å². The molecule has 8 heteroatoms. The van der Waals surface area contributed by atoms with Crippen molar-refractivity contribution in [3.63, 3.8) is 0 Å². The third kappa shape index (κ3) is 4.36. The molecule has 1 N–H and O–H groups in total. The van der Waals surface area contributed by atoms with Crippen molar-refractivity contribution in [1.29, 1.82) is 5.26 Å². The molecule has 7 nitrogen and oxygen atoms in total. The molecule has 2 aliphatic heterocycles. The topological polar surface area (TPSA) is 95.3 Å². The van der Waals surface area contributed by atoms with Gasteiger partial charge in [0.1, 0.15) is 6.04 Å². The molecule has 3 heterocycles. The molecule has 2 atom stereocenters. The van der Waals surface area contributed by atoms with Gasteiger partial charge in [-0.3, -0.25) is 14.6 Å². The monoisotopic (exact) mass is 410 g/mol. The molecule has 150 valence electrons. The second-order valence-corrected chi connectivity index (χ2v) is 8.33. The van der Waals surface area contributed by atoms with Crippen molar-refractivity contribution in [2.24, 2.45) is 5.92 Å². The van der Waals surface area contributed by atoms with Crippen LogP contribution in [0.5, 0.6) is 0 Å². The van der Waals surface area contributed by atoms with E-state index in [0.717, 1.165) is 42.5 Å². The third-order valence-corrected chi connectivity index (χ3v) is 6.36. The van der Waals surface area contributed by atoms with Gasteiger partial charge < -0.3 is 15.0 Å². The van der Waals surface area contributed by atoms with Crippen LogP contribution in [0.3, 0.4) is 0 Å². The first kappa shape index (κ1) is 19.7. The Hall–Kier alpha value is -2.63. The summed E-state index contributed by atoms with van der Waals surface area (Å²) in [6.45, 7) is 1.46. The number of aromatic nitrogens is 1. The van der Waals surface area contributed by atoms with Crippen LogP contribution in [0.25, 0.3) is 10.9 Å². The summed E-state index contributed by atoms with van der Waals surface area (Å²) in [6, 6.07) is 9.37. The maximum Gasteiger partial charge on any atom is 0.252 e. The van der Waals surface area contributed by atoms with E-state index in [9.17, 15) is 9.59 Å². The van der Waals surface area contributed by atoms with E-state index in [4.69, 9.17) is 10.00 Å². The number of carbonyl (C=O) groups is 2. The van der Waals surface area contributed by atoms with Gasteiger partial charge in [0.05, 0.1) is 29.6 Å². The standard InChI is InChI=1S/C21H22N4O3S/c22-9-16-12-29-13-25(16)20(26)10-24-21(27)17-3-5-23-19-2-1-14(8-18(17)19)7-15-4-6-28-11-15/h1-3,5,8,15-16H,4,6-7,10-13H2,(H,24,27)/t15?,16-/m1/s1. The number of nitrogens with one attached hydrogen (secondary N) is 1. The number of nitriles is 1. The Balaban J connectivity index is 1.47. The van der Waals surface area contributed by atoms with Crippen LogP contribution < -0.4 is 5.32 Å². The Morgan fingerprint density at radius 3 is 3.07 bits per heavy atom. The number of nitrogens with zero attached hydrogens (tertiary/aromatic N) is 3. The zero-order chi connectivity index (χ0) is 20.2. The number of pyridine rings is 1. The smallest absolute Gasteiger partial charge is 0.252 e. The lowest BCUT2D eigenvalue weighted by Crippen LogP contribution is -2.42. The Morgan fingerprint density at radius 1 is 1.38 bits per heavy atom. The molecule has 2 aliphatic rings. The quantitative estimate of drug-likeness (QED) is 0.810. The van der Waals surface area contributed by atoms with E-state index in [1.54, 1.807) is 24.0 Å². The van der Waals surface area contributed by atoms with E-state index in [1.165, 1.54) is 4.90 Å². The van der Waals surface area contributed by atoms with Crippen molar-refractivity contribution >= 4 is 34.5 Å². The van der Waals surface area contributed by atoms with Crippen LogP contribution in [-0.4, -0.2) is 59.1 Å². The van der Waals surface area contributed by atoms with Crippen LogP contribution in [-0.2, 0) is 16.0 Å². The molecule has 29 heavy (non-hydrogen) atoms. The zero-order valence-corrected chi connectivity index (χ0v) is 16.8. The summed E-state index contributed by atoms with van der Waals surface area (Å²) in [5, 5.41) is 12.6. The van der Waals surface area contributed by atoms with Crippen LogP contribution in [0.1, 0.15) is 22.3 Å². The summed E-state index contributed by atoms with van der Waals surface area (Å²) in [5.41, 5.74) is 2.40. The Labute approximate surface area is 173 Å². The normalized spacial score (nSPS) is 21.3. The van der Waals surface area contributed by atoms with E-state index in [2.05, 4.69) is 16.4 Å². The van der Waals surface area contributed by atoms with Gasteiger partial charge in [-0.05, 0) is 42.5 Å². The predicted octanol–water partition coefficient (Wildman–Crippen LogP) is 1.97. The SMILES string of the molecule is N#C[C@@H]1CSCN1C(=O)CNC(=O)c1ccnc2ccc(CC3CCOC3)cc12. The fourth-order valence-corrected chi connectivity index (χ4v) is 4.85. The summed E-state index contributed by atoms with van der Waals surface area (Å²) in [4.78, 5) is 31.0. The van der Waals surface area contributed by atoms with Crippen molar-refractivity contribution in [2.75, 3.05) is 31.4 Å². The molecule has 1 aromatic carbocycles. The van der Waals surface area contributed by atoms with Crippen molar-refractivity contribution in [2.45, 2.75) is 18.9 Å². The van der Waals surface area contributed by atoms with Crippen LogP contribution in [0.2, 0.25) is 0 Å². The average Bonchev–Trinajstić information content (AvgIpc) is 3.43. The van der Waals surface area contributed by atoms with Crippen molar-refractivity contribution in [3.8, 4) is 6.07 Å². The average molecular weight is 410 g/mol. The summed E-state index contributed by atoms with van der Waals surface area (Å²) < 4.78 is 5.46. The zero-order valence-electron chi connectivity index (χ0n) is 16.0. The molecule has 4 rings (SSSR count). The highest BCUT2D eigenvalue weighted by Gasteiger charge is 2.29. The highest BCUT2D eigenvalue weighted by molar-refractivity contribution is 7.99. The minimum Gasteiger partial charge on any atom is -0.381 e. The third-order valence-electron chi connectivity index (χ3n) is 5.35. The van der Waals surface area contributed by atoms with Gasteiger partial charge in [-0.1, -0.05) is 6.07 Å². The molecule has 0 bridgehead atoms. The number of ether oxygens (including phenoxy) is 1. The summed E-state index contributed by atoms with van der Waals surface area (Å²) in [6.07, 6.45) is 3.57. The fraction of sp³-hybridized carbons (Fsp3) is 0.429. The predicted molar refractivity (Wildman–Crippen MR) is 110 cm³/mol. The number of hydrogen-bond donors (Lipinski definition) is 1. The molecular formula is C21H22N4O3S. The van der Waals surface area contributed by atoms with E-state index >= 15 is 0 Å². The van der Waals surface area contributed by atoms with E-state index in [0.29, 0.717) is 23.1 Å². The van der Waals surface area contributed by atoms with E-state index in [-0.39, 0.29) is 18.4 Å². The first-order valence-electron chi connectivity index (χ1n) is 9.66. The summed E-state index contributed by atoms with van der Waals surface area (Å²) in [7, 11) is 0. The van der Waals surface area contributed by atoms with Gasteiger partial charge in [0, 0.05) is 30.5 Å². The molecule has 2 aromatic rings. The molecule has 0 saturated carbocycles. The van der Waals surface area contributed by atoms with Crippen LogP contribution in [0, 0.1) is 17.2 Å². The second-order valence-electron chi connectivity index (χ2n) is 7.33. The fourth-order valence-electron chi connectivity index (χ4n) is 3.74. The van der Waals surface area contributed by atoms with Crippen LogP contribution >= 0.6 is 11.8 Å². The van der Waals surface area contributed by atoms with Crippen LogP contribution in [0.15, 0.2) is 30.5 Å². The highest BCUT2D eigenvalue weighted by atomic mass is 32.2. The van der Waals surface area contributed by atoms with Crippen molar-refractivity contribution in [1.82, 2.24) is 15.2 Å². The molecule has 2 amide bonds. The van der Waals surface area contributed by atoms with Gasteiger partial charge in [0.15, 0.2) is 0 Å². The molecular weight excluding hydrogens is 388 g/mol. The molecule has 1 unspecified atom stereocenters. The first-order chi connectivity index (χ1) is 14.2. The number of fused-ring (bicyclic) bond motifs is 1. The van der Waals surface area contributed by atoms with E-state index in [1.807, 2.05) is 18.2 Å². The molecule has 0 spiro atoms. The Kier molecular flexibility index (Phi) is 5.97. The lowest BCUT2D eigenvalue weighted by molar-refractivity contribution is -0.129. The molecule has 2 fully saturated rings. The Bertz CT molecular complexity index is 968. The minimum atomic E-state index is -0.423. The number of thioether (sulfide) groups is 1. The molecule has 1 aromatic heterocycles. The maximum absolute atomic E-state index is 12.8. The lowest BCUT2D eigenvalue weighted by atomic mass is 9.96. The summed E-state index contributed by atoms with van der Waals surface area (Å²) >= 11 is 1.54. The van der Waals surface area contributed by atoms with Gasteiger partial charge in [-0.2, -0.15) is 5.26 Å². The van der Waals surface area contributed by atoms with Gasteiger partial charge >= 0.3 is 0 Å². The molecule has 0 aliphatic carbocycles. The van der Waals surface area contributed by atoms with Crippen LogP contribution in [0.4, 0.5) is 0 Å². The summed E-state index contributed by atoms with van der Waals surface area (Å²) in [5.74, 6) is 1.05. The van der Waals surface area contributed by atoms with Crippen molar-refractivity contribution in [3.05, 3.63) is 41.6 Å². The number of carbonyl (C=O) groups excluding carboxylic acids is 2. The number of amides is 2. The Morgan fingerprint density at radius 2 is 2.28 bits per heavy atom. The maximum atomic E-state index is 12.8. The van der Waals surface area contributed by atoms with Gasteiger partial charge in [0.25, 0.3) is 5.91 Å². The number of rotatable bonds is 5. The molecule has 0 radical (unpaired) electrons. The van der Waals surface area contributed by atoms with Crippen molar-refractivity contribution < 1.29 is 14.3 Å². The highest BCUT2D eigenvalue weighted by Crippen LogP contribution is 2.23. The number of hydrogen-bond acceptors (Lipinski definition) is 6.